The lowest BCUT2D eigenvalue weighted by molar-refractivity contribution is 0.329. The zero-order valence-electron chi connectivity index (χ0n) is 11.4. The number of nitrogen functional groups attached to an aromatic ring is 1. The molecular weight excluding hydrogens is 372 g/mol. The van der Waals surface area contributed by atoms with E-state index in [9.17, 15) is 8.42 Å². The van der Waals surface area contributed by atoms with Crippen LogP contribution in [0.2, 0.25) is 0 Å². The second kappa shape index (κ2) is 5.39. The molecule has 2 heterocycles. The van der Waals surface area contributed by atoms with Gasteiger partial charge in [-0.2, -0.15) is 4.31 Å². The van der Waals surface area contributed by atoms with Crippen LogP contribution in [0.1, 0.15) is 23.4 Å². The highest BCUT2D eigenvalue weighted by molar-refractivity contribution is 9.10. The molecule has 0 bridgehead atoms. The largest absolute Gasteiger partial charge is 0.399 e. The van der Waals surface area contributed by atoms with Crippen molar-refractivity contribution in [1.82, 2.24) is 4.31 Å². The first-order valence-corrected chi connectivity index (χ1v) is 9.65. The van der Waals surface area contributed by atoms with Gasteiger partial charge in [0, 0.05) is 27.6 Å². The fourth-order valence-electron chi connectivity index (χ4n) is 2.67. The molecule has 1 aliphatic heterocycles. The lowest BCUT2D eigenvalue weighted by atomic mass is 10.0. The maximum atomic E-state index is 12.9. The smallest absolute Gasteiger partial charge is 0.244 e. The van der Waals surface area contributed by atoms with Crippen LogP contribution in [0, 0.1) is 0 Å². The average Bonchev–Trinajstić information content (AvgIpc) is 2.87. The molecule has 21 heavy (non-hydrogen) atoms. The highest BCUT2D eigenvalue weighted by atomic mass is 79.9. The molecule has 0 amide bonds. The second-order valence-electron chi connectivity index (χ2n) is 5.03. The Balaban J connectivity index is 2.03. The van der Waals surface area contributed by atoms with Gasteiger partial charge in [-0.05, 0) is 64.5 Å². The lowest BCUT2D eigenvalue weighted by Gasteiger charge is -2.32. The summed E-state index contributed by atoms with van der Waals surface area (Å²) in [6.07, 6.45) is 0.767. The molecule has 1 aromatic heterocycles. The maximum Gasteiger partial charge on any atom is 0.244 e. The summed E-state index contributed by atoms with van der Waals surface area (Å²) in [6, 6.07) is 6.67. The number of halogens is 1. The van der Waals surface area contributed by atoms with Gasteiger partial charge in [0.25, 0.3) is 0 Å². The van der Waals surface area contributed by atoms with Crippen LogP contribution in [0.25, 0.3) is 0 Å². The van der Waals surface area contributed by atoms with Gasteiger partial charge in [-0.15, -0.1) is 11.3 Å². The van der Waals surface area contributed by atoms with Gasteiger partial charge in [-0.25, -0.2) is 8.42 Å². The minimum atomic E-state index is -3.54. The Morgan fingerprint density at radius 2 is 2.14 bits per heavy atom. The quantitative estimate of drug-likeness (QED) is 0.804. The molecule has 112 valence electrons. The molecule has 1 unspecified atom stereocenters. The molecule has 0 spiro atoms. The minimum Gasteiger partial charge on any atom is -0.399 e. The zero-order valence-corrected chi connectivity index (χ0v) is 14.6. The summed E-state index contributed by atoms with van der Waals surface area (Å²) in [5, 5.41) is 2.02. The monoisotopic (exact) mass is 386 g/mol. The molecule has 7 heteroatoms. The Kier molecular flexibility index (Phi) is 3.85. The van der Waals surface area contributed by atoms with Crippen molar-refractivity contribution >= 4 is 43.0 Å². The molecule has 1 aromatic carbocycles. The second-order valence-corrected chi connectivity index (χ2v) is 8.74. The van der Waals surface area contributed by atoms with Gasteiger partial charge in [-0.3, -0.25) is 0 Å². The van der Waals surface area contributed by atoms with E-state index >= 15 is 0 Å². The fraction of sp³-hybridized carbons (Fsp3) is 0.286. The highest BCUT2D eigenvalue weighted by Crippen LogP contribution is 2.37. The van der Waals surface area contributed by atoms with E-state index in [1.165, 1.54) is 4.88 Å². The van der Waals surface area contributed by atoms with Crippen LogP contribution in [0.4, 0.5) is 5.69 Å². The number of nitrogens with two attached hydrogens (primary N) is 1. The third kappa shape index (κ3) is 2.52. The Hall–Kier alpha value is -0.890. The van der Waals surface area contributed by atoms with Gasteiger partial charge in [0.05, 0.1) is 4.90 Å². The van der Waals surface area contributed by atoms with Gasteiger partial charge in [0.2, 0.25) is 10.0 Å². The highest BCUT2D eigenvalue weighted by Gasteiger charge is 2.35. The number of sulfonamides is 1. The molecule has 2 aromatic rings. The molecule has 0 saturated heterocycles. The topological polar surface area (TPSA) is 63.4 Å². The number of hydrogen-bond acceptors (Lipinski definition) is 4. The van der Waals surface area contributed by atoms with Gasteiger partial charge in [0.1, 0.15) is 0 Å². The van der Waals surface area contributed by atoms with Crippen molar-refractivity contribution in [3.63, 3.8) is 0 Å². The molecule has 3 rings (SSSR count). The van der Waals surface area contributed by atoms with Crippen molar-refractivity contribution in [2.75, 3.05) is 12.3 Å². The van der Waals surface area contributed by atoms with E-state index in [-0.39, 0.29) is 10.9 Å². The predicted octanol–water partition coefficient (Wildman–Crippen LogP) is 3.40. The standard InChI is InChI=1S/C14H15BrN2O2S2/c1-9-11-5-7-20-13(11)4-6-17(9)21(18,19)14-3-2-10(16)8-12(14)15/h2-3,5,7-9H,4,6,16H2,1H3. The first kappa shape index (κ1) is 15.0. The molecule has 1 aliphatic rings. The van der Waals surface area contributed by atoms with E-state index in [0.717, 1.165) is 12.0 Å². The Bertz CT molecular complexity index is 786. The first-order chi connectivity index (χ1) is 9.91. The van der Waals surface area contributed by atoms with E-state index < -0.39 is 10.0 Å². The van der Waals surface area contributed by atoms with Gasteiger partial charge >= 0.3 is 0 Å². The SMILES string of the molecule is CC1c2ccsc2CCN1S(=O)(=O)c1ccc(N)cc1Br. The van der Waals surface area contributed by atoms with Crippen molar-refractivity contribution in [3.05, 3.63) is 44.6 Å². The summed E-state index contributed by atoms with van der Waals surface area (Å²) in [5.74, 6) is 0. The Morgan fingerprint density at radius 3 is 2.86 bits per heavy atom. The third-order valence-electron chi connectivity index (χ3n) is 3.76. The van der Waals surface area contributed by atoms with Crippen LogP contribution in [-0.2, 0) is 16.4 Å². The number of hydrogen-bond donors (Lipinski definition) is 1. The maximum absolute atomic E-state index is 12.9. The minimum absolute atomic E-state index is 0.144. The van der Waals surface area contributed by atoms with Gasteiger partial charge < -0.3 is 5.73 Å². The molecule has 0 saturated carbocycles. The van der Waals surface area contributed by atoms with E-state index in [4.69, 9.17) is 5.73 Å². The Labute approximate surface area is 136 Å². The van der Waals surface area contributed by atoms with Crippen LogP contribution >= 0.6 is 27.3 Å². The molecule has 0 radical (unpaired) electrons. The van der Waals surface area contributed by atoms with Crippen LogP contribution in [0.5, 0.6) is 0 Å². The van der Waals surface area contributed by atoms with Gasteiger partial charge in [0.15, 0.2) is 0 Å². The number of rotatable bonds is 2. The van der Waals surface area contributed by atoms with Crippen molar-refractivity contribution in [3.8, 4) is 0 Å². The van der Waals surface area contributed by atoms with Crippen LogP contribution in [0.3, 0.4) is 0 Å². The van der Waals surface area contributed by atoms with E-state index in [1.54, 1.807) is 33.8 Å². The van der Waals surface area contributed by atoms with Crippen LogP contribution < -0.4 is 5.73 Å². The number of thiophene rings is 1. The van der Waals surface area contributed by atoms with Crippen molar-refractivity contribution in [2.45, 2.75) is 24.3 Å². The van der Waals surface area contributed by atoms with Crippen molar-refractivity contribution in [1.29, 1.82) is 0 Å². The van der Waals surface area contributed by atoms with Crippen molar-refractivity contribution < 1.29 is 8.42 Å². The zero-order chi connectivity index (χ0) is 15.2. The summed E-state index contributed by atoms with van der Waals surface area (Å²) in [7, 11) is -3.54. The summed E-state index contributed by atoms with van der Waals surface area (Å²) < 4.78 is 27.9. The summed E-state index contributed by atoms with van der Waals surface area (Å²) in [4.78, 5) is 1.55. The number of benzene rings is 1. The van der Waals surface area contributed by atoms with E-state index in [2.05, 4.69) is 15.9 Å². The molecule has 4 nitrogen and oxygen atoms in total. The molecule has 0 aliphatic carbocycles. The van der Waals surface area contributed by atoms with E-state index in [1.807, 2.05) is 18.4 Å². The lowest BCUT2D eigenvalue weighted by Crippen LogP contribution is -2.38. The van der Waals surface area contributed by atoms with Gasteiger partial charge in [-0.1, -0.05) is 0 Å². The summed E-state index contributed by atoms with van der Waals surface area (Å²) in [5.41, 5.74) is 7.34. The number of anilines is 1. The normalized spacial score (nSPS) is 19.4. The Morgan fingerprint density at radius 1 is 1.38 bits per heavy atom. The van der Waals surface area contributed by atoms with E-state index in [0.29, 0.717) is 16.7 Å². The predicted molar refractivity (Wildman–Crippen MR) is 88.9 cm³/mol. The van der Waals surface area contributed by atoms with Crippen LogP contribution in [-0.4, -0.2) is 19.3 Å². The first-order valence-electron chi connectivity index (χ1n) is 6.54. The molecule has 1 atom stereocenters. The molecule has 2 N–H and O–H groups in total. The average molecular weight is 387 g/mol. The van der Waals surface area contributed by atoms with Crippen molar-refractivity contribution in [2.24, 2.45) is 0 Å². The molecule has 0 fully saturated rings. The van der Waals surface area contributed by atoms with Crippen LogP contribution in [0.15, 0.2) is 39.0 Å². The molecular formula is C14H15BrN2O2S2. The number of nitrogens with zero attached hydrogens (tertiary/aromatic N) is 1. The fourth-order valence-corrected chi connectivity index (χ4v) is 6.30. The summed E-state index contributed by atoms with van der Waals surface area (Å²) in [6.45, 7) is 2.45. The summed E-state index contributed by atoms with van der Waals surface area (Å²) >= 11 is 5.01. The number of fused-ring (bicyclic) bond motifs is 1. The third-order valence-corrected chi connectivity index (χ3v) is 7.71.